The zero-order chi connectivity index (χ0) is 20.1. The van der Waals surface area contributed by atoms with Crippen LogP contribution in [0.5, 0.6) is 0 Å². The lowest BCUT2D eigenvalue weighted by atomic mass is 10.0. The summed E-state index contributed by atoms with van der Waals surface area (Å²) in [6, 6.07) is 0. The van der Waals surface area contributed by atoms with Crippen molar-refractivity contribution in [3.05, 3.63) is 12.4 Å². The number of hydrogen-bond donors (Lipinski definition) is 1. The summed E-state index contributed by atoms with van der Waals surface area (Å²) >= 11 is 0. The van der Waals surface area contributed by atoms with Crippen molar-refractivity contribution in [1.29, 1.82) is 0 Å². The summed E-state index contributed by atoms with van der Waals surface area (Å²) < 4.78 is 7.31. The number of guanidine groups is 1. The summed E-state index contributed by atoms with van der Waals surface area (Å²) in [7, 11) is 1.86. The summed E-state index contributed by atoms with van der Waals surface area (Å²) in [5, 5.41) is 7.50. The van der Waals surface area contributed by atoms with E-state index in [2.05, 4.69) is 29.2 Å². The third-order valence-corrected chi connectivity index (χ3v) is 5.31. The van der Waals surface area contributed by atoms with E-state index in [1.54, 1.807) is 15.8 Å². The summed E-state index contributed by atoms with van der Waals surface area (Å²) in [5.74, 6) is 0.881. The van der Waals surface area contributed by atoms with Gasteiger partial charge in [0.05, 0.1) is 31.6 Å². The van der Waals surface area contributed by atoms with E-state index in [1.807, 2.05) is 25.1 Å². The Morgan fingerprint density at radius 1 is 1.36 bits per heavy atom. The van der Waals surface area contributed by atoms with Crippen LogP contribution in [0.2, 0.25) is 0 Å². The Balaban J connectivity index is 1.59. The molecular weight excluding hydrogens is 358 g/mol. The third-order valence-electron chi connectivity index (χ3n) is 5.31. The molecule has 2 saturated heterocycles. The molecule has 0 aromatic carbocycles. The van der Waals surface area contributed by atoms with Crippen LogP contribution >= 0.6 is 0 Å². The lowest BCUT2D eigenvalue weighted by Gasteiger charge is -2.42. The van der Waals surface area contributed by atoms with E-state index < -0.39 is 0 Å². The number of rotatable bonds is 5. The van der Waals surface area contributed by atoms with Gasteiger partial charge < -0.3 is 19.9 Å². The SMILES string of the molecule is CCNC(=NCCN1CCOCC1(C)C)N1CCN(c2cnn(C)c2)C(=O)C1. The summed E-state index contributed by atoms with van der Waals surface area (Å²) in [6.45, 7) is 13.0. The highest BCUT2D eigenvalue weighted by atomic mass is 16.5. The molecular formula is C19H33N7O2. The van der Waals surface area contributed by atoms with E-state index in [0.717, 1.165) is 51.0 Å². The first-order valence-corrected chi connectivity index (χ1v) is 10.1. The molecule has 3 heterocycles. The normalized spacial score (nSPS) is 21.3. The first kappa shape index (κ1) is 20.6. The fraction of sp³-hybridized carbons (Fsp3) is 0.737. The van der Waals surface area contributed by atoms with Crippen LogP contribution < -0.4 is 10.2 Å². The Labute approximate surface area is 167 Å². The number of carbonyl (C=O) groups is 1. The number of amides is 1. The predicted molar refractivity (Wildman–Crippen MR) is 110 cm³/mol. The zero-order valence-corrected chi connectivity index (χ0v) is 17.5. The number of morpholine rings is 1. The molecule has 1 amide bonds. The number of aromatic nitrogens is 2. The van der Waals surface area contributed by atoms with Crippen molar-refractivity contribution in [1.82, 2.24) is 24.9 Å². The fourth-order valence-corrected chi connectivity index (χ4v) is 3.68. The van der Waals surface area contributed by atoms with E-state index >= 15 is 0 Å². The maximum absolute atomic E-state index is 12.7. The zero-order valence-electron chi connectivity index (χ0n) is 17.5. The van der Waals surface area contributed by atoms with Crippen LogP contribution in [-0.4, -0.2) is 96.0 Å². The quantitative estimate of drug-likeness (QED) is 0.569. The van der Waals surface area contributed by atoms with Crippen molar-refractivity contribution in [3.63, 3.8) is 0 Å². The number of nitrogens with one attached hydrogen (secondary N) is 1. The average molecular weight is 392 g/mol. The molecule has 1 aromatic rings. The van der Waals surface area contributed by atoms with Crippen LogP contribution in [-0.2, 0) is 16.6 Å². The van der Waals surface area contributed by atoms with Crippen molar-refractivity contribution in [2.75, 3.05) is 63.9 Å². The minimum Gasteiger partial charge on any atom is -0.378 e. The van der Waals surface area contributed by atoms with Crippen LogP contribution in [0.15, 0.2) is 17.4 Å². The molecule has 9 nitrogen and oxygen atoms in total. The fourth-order valence-electron chi connectivity index (χ4n) is 3.68. The van der Waals surface area contributed by atoms with Gasteiger partial charge in [0.15, 0.2) is 5.96 Å². The van der Waals surface area contributed by atoms with Crippen molar-refractivity contribution in [2.24, 2.45) is 12.0 Å². The highest BCUT2D eigenvalue weighted by molar-refractivity contribution is 5.98. The molecule has 2 fully saturated rings. The molecule has 2 aliphatic heterocycles. The summed E-state index contributed by atoms with van der Waals surface area (Å²) in [6.07, 6.45) is 3.61. The summed E-state index contributed by atoms with van der Waals surface area (Å²) in [4.78, 5) is 23.7. The second-order valence-corrected chi connectivity index (χ2v) is 7.93. The standard InChI is InChI=1S/C19H33N7O2/c1-5-20-18(21-6-7-25-10-11-28-15-19(25,2)3)24-8-9-26(17(27)14-24)16-12-22-23(4)13-16/h12-13H,5-11,14-15H2,1-4H3,(H,20,21). The lowest BCUT2D eigenvalue weighted by molar-refractivity contribution is -0.120. The van der Waals surface area contributed by atoms with Crippen LogP contribution in [0.25, 0.3) is 0 Å². The third kappa shape index (κ3) is 4.82. The molecule has 0 aliphatic carbocycles. The Bertz CT molecular complexity index is 700. The van der Waals surface area contributed by atoms with Gasteiger partial charge in [0.1, 0.15) is 6.54 Å². The van der Waals surface area contributed by atoms with Crippen molar-refractivity contribution in [3.8, 4) is 0 Å². The number of hydrogen-bond acceptors (Lipinski definition) is 5. The van der Waals surface area contributed by atoms with Gasteiger partial charge in [-0.05, 0) is 20.8 Å². The van der Waals surface area contributed by atoms with Crippen molar-refractivity contribution >= 4 is 17.6 Å². The van der Waals surface area contributed by atoms with E-state index in [4.69, 9.17) is 9.73 Å². The van der Waals surface area contributed by atoms with Gasteiger partial charge in [0.25, 0.3) is 0 Å². The lowest BCUT2D eigenvalue weighted by Crippen LogP contribution is -2.56. The topological polar surface area (TPSA) is 78.2 Å². The van der Waals surface area contributed by atoms with Gasteiger partial charge in [-0.15, -0.1) is 0 Å². The highest BCUT2D eigenvalue weighted by Gasteiger charge is 2.30. The van der Waals surface area contributed by atoms with E-state index in [1.165, 1.54) is 0 Å². The first-order chi connectivity index (χ1) is 13.4. The van der Waals surface area contributed by atoms with Gasteiger partial charge in [-0.2, -0.15) is 5.10 Å². The molecule has 3 rings (SSSR count). The summed E-state index contributed by atoms with van der Waals surface area (Å²) in [5.41, 5.74) is 0.890. The van der Waals surface area contributed by atoms with Gasteiger partial charge >= 0.3 is 0 Å². The van der Waals surface area contributed by atoms with Gasteiger partial charge in [-0.25, -0.2) is 0 Å². The molecule has 0 radical (unpaired) electrons. The Morgan fingerprint density at radius 3 is 2.82 bits per heavy atom. The molecule has 0 saturated carbocycles. The number of ether oxygens (including phenoxy) is 1. The Morgan fingerprint density at radius 2 is 2.18 bits per heavy atom. The first-order valence-electron chi connectivity index (χ1n) is 10.1. The molecule has 0 spiro atoms. The predicted octanol–water partition coefficient (Wildman–Crippen LogP) is 0.145. The molecule has 28 heavy (non-hydrogen) atoms. The number of anilines is 1. The number of nitrogens with zero attached hydrogens (tertiary/aromatic N) is 6. The van der Waals surface area contributed by atoms with Crippen LogP contribution in [0.4, 0.5) is 5.69 Å². The van der Waals surface area contributed by atoms with Gasteiger partial charge in [0.2, 0.25) is 5.91 Å². The van der Waals surface area contributed by atoms with Gasteiger partial charge in [0, 0.05) is 51.5 Å². The largest absolute Gasteiger partial charge is 0.378 e. The maximum Gasteiger partial charge on any atom is 0.246 e. The second-order valence-electron chi connectivity index (χ2n) is 7.93. The molecule has 1 aromatic heterocycles. The smallest absolute Gasteiger partial charge is 0.246 e. The van der Waals surface area contributed by atoms with E-state index in [-0.39, 0.29) is 11.4 Å². The van der Waals surface area contributed by atoms with E-state index in [9.17, 15) is 4.79 Å². The number of aryl methyl sites for hydroxylation is 1. The van der Waals surface area contributed by atoms with Crippen molar-refractivity contribution < 1.29 is 9.53 Å². The molecule has 1 N–H and O–H groups in total. The van der Waals surface area contributed by atoms with Crippen LogP contribution in [0.3, 0.4) is 0 Å². The molecule has 0 atom stereocenters. The minimum absolute atomic E-state index is 0.0391. The van der Waals surface area contributed by atoms with Crippen LogP contribution in [0.1, 0.15) is 20.8 Å². The Kier molecular flexibility index (Phi) is 6.56. The highest BCUT2D eigenvalue weighted by Crippen LogP contribution is 2.18. The van der Waals surface area contributed by atoms with E-state index in [0.29, 0.717) is 19.6 Å². The number of carbonyl (C=O) groups excluding carboxylic acids is 1. The molecule has 156 valence electrons. The Hall–Kier alpha value is -2.13. The maximum atomic E-state index is 12.7. The number of aliphatic imine (C=N–C) groups is 1. The monoisotopic (exact) mass is 391 g/mol. The molecule has 9 heteroatoms. The second kappa shape index (κ2) is 8.91. The van der Waals surface area contributed by atoms with Crippen LogP contribution in [0, 0.1) is 0 Å². The van der Waals surface area contributed by atoms with Gasteiger partial charge in [-0.3, -0.25) is 19.4 Å². The molecule has 0 bridgehead atoms. The number of piperazine rings is 1. The molecule has 2 aliphatic rings. The minimum atomic E-state index is 0.0391. The average Bonchev–Trinajstić information content (AvgIpc) is 3.08. The van der Waals surface area contributed by atoms with Gasteiger partial charge in [-0.1, -0.05) is 0 Å². The molecule has 0 unspecified atom stereocenters. The van der Waals surface area contributed by atoms with Crippen molar-refractivity contribution in [2.45, 2.75) is 26.3 Å².